The van der Waals surface area contributed by atoms with Crippen molar-refractivity contribution in [1.82, 2.24) is 5.32 Å². The average Bonchev–Trinajstić information content (AvgIpc) is 2.57. The number of amides is 2. The lowest BCUT2D eigenvalue weighted by atomic mass is 10.1. The summed E-state index contributed by atoms with van der Waals surface area (Å²) in [6.45, 7) is 5.13. The smallest absolute Gasteiger partial charge is 0.408 e. The highest BCUT2D eigenvalue weighted by atomic mass is 16.6. The van der Waals surface area contributed by atoms with E-state index in [0.29, 0.717) is 17.0 Å². The number of carbonyl (C=O) groups excluding carboxylic acids is 2. The molecule has 122 valence electrons. The number of alkyl carbamates (subject to hydrolysis) is 1. The van der Waals surface area contributed by atoms with E-state index in [1.807, 2.05) is 6.07 Å². The molecule has 1 aromatic carbocycles. The van der Waals surface area contributed by atoms with Crippen molar-refractivity contribution >= 4 is 17.7 Å². The highest BCUT2D eigenvalue weighted by molar-refractivity contribution is 6.00. The van der Waals surface area contributed by atoms with Gasteiger partial charge in [-0.3, -0.25) is 4.79 Å². The van der Waals surface area contributed by atoms with E-state index in [1.54, 1.807) is 46.0 Å². The number of fused-ring (bicyclic) bond motifs is 1. The Balaban J connectivity index is 2.21. The largest absolute Gasteiger partial charge is 0.487 e. The first kappa shape index (κ1) is 16.6. The molecule has 0 bridgehead atoms. The van der Waals surface area contributed by atoms with E-state index < -0.39 is 17.7 Å². The van der Waals surface area contributed by atoms with Gasteiger partial charge in [-0.25, -0.2) is 4.79 Å². The van der Waals surface area contributed by atoms with E-state index in [0.717, 1.165) is 0 Å². The zero-order valence-electron chi connectivity index (χ0n) is 13.5. The molecule has 0 saturated carbocycles. The Kier molecular flexibility index (Phi) is 4.45. The number of anilines is 1. The highest BCUT2D eigenvalue weighted by Crippen LogP contribution is 2.33. The molecule has 1 N–H and O–H groups in total. The first-order chi connectivity index (χ1) is 10.7. The minimum absolute atomic E-state index is 0.0753. The molecule has 2 amide bonds. The van der Waals surface area contributed by atoms with Crippen LogP contribution in [0.4, 0.5) is 10.5 Å². The molecule has 0 unspecified atom stereocenters. The van der Waals surface area contributed by atoms with Crippen molar-refractivity contribution in [1.29, 1.82) is 5.26 Å². The van der Waals surface area contributed by atoms with Crippen molar-refractivity contribution in [3.05, 3.63) is 23.8 Å². The number of carbonyl (C=O) groups is 2. The Morgan fingerprint density at radius 1 is 1.48 bits per heavy atom. The first-order valence-electron chi connectivity index (χ1n) is 7.16. The fourth-order valence-corrected chi connectivity index (χ4v) is 2.17. The standard InChI is InChI=1S/C16H19N3O4/c1-16(2,3)23-15(21)18-11-9-22-13-10(8-17)6-5-7-12(13)19(4)14(11)20/h5-7,11H,9H2,1-4H3,(H,18,21)/t11-/m0/s1. The molecule has 0 radical (unpaired) electrons. The van der Waals surface area contributed by atoms with Crippen LogP contribution in [-0.4, -0.2) is 37.3 Å². The molecule has 0 spiro atoms. The van der Waals surface area contributed by atoms with Crippen molar-refractivity contribution in [2.24, 2.45) is 0 Å². The third-order valence-electron chi connectivity index (χ3n) is 3.19. The topological polar surface area (TPSA) is 91.7 Å². The van der Waals surface area contributed by atoms with Crippen LogP contribution in [0.15, 0.2) is 18.2 Å². The molecule has 1 aliphatic rings. The Bertz CT molecular complexity index is 673. The highest BCUT2D eigenvalue weighted by Gasteiger charge is 2.32. The van der Waals surface area contributed by atoms with Gasteiger partial charge in [0, 0.05) is 7.05 Å². The van der Waals surface area contributed by atoms with E-state index >= 15 is 0 Å². The molecule has 0 aromatic heterocycles. The van der Waals surface area contributed by atoms with Gasteiger partial charge in [-0.2, -0.15) is 5.26 Å². The number of nitrogens with one attached hydrogen (secondary N) is 1. The lowest BCUT2D eigenvalue weighted by Gasteiger charge is -2.23. The predicted molar refractivity (Wildman–Crippen MR) is 83.2 cm³/mol. The van der Waals surface area contributed by atoms with Gasteiger partial charge in [0.05, 0.1) is 11.3 Å². The molecule has 7 nitrogen and oxygen atoms in total. The van der Waals surface area contributed by atoms with Crippen LogP contribution in [0, 0.1) is 11.3 Å². The Hall–Kier alpha value is -2.75. The summed E-state index contributed by atoms with van der Waals surface area (Å²) < 4.78 is 10.8. The van der Waals surface area contributed by atoms with Crippen LogP contribution in [0.5, 0.6) is 5.75 Å². The maximum Gasteiger partial charge on any atom is 0.408 e. The molecule has 1 aromatic rings. The monoisotopic (exact) mass is 317 g/mol. The van der Waals surface area contributed by atoms with Gasteiger partial charge in [0.25, 0.3) is 5.91 Å². The number of hydrogen-bond acceptors (Lipinski definition) is 5. The van der Waals surface area contributed by atoms with E-state index in [-0.39, 0.29) is 12.5 Å². The van der Waals surface area contributed by atoms with Crippen molar-refractivity contribution < 1.29 is 19.1 Å². The van der Waals surface area contributed by atoms with Crippen molar-refractivity contribution in [3.63, 3.8) is 0 Å². The van der Waals surface area contributed by atoms with Gasteiger partial charge in [0.15, 0.2) is 5.75 Å². The van der Waals surface area contributed by atoms with Crippen LogP contribution in [0.1, 0.15) is 26.3 Å². The first-order valence-corrected chi connectivity index (χ1v) is 7.16. The molecule has 0 aliphatic carbocycles. The van der Waals surface area contributed by atoms with Gasteiger partial charge in [-0.15, -0.1) is 0 Å². The zero-order chi connectivity index (χ0) is 17.2. The Morgan fingerprint density at radius 2 is 2.17 bits per heavy atom. The normalized spacial score (nSPS) is 17.4. The number of nitriles is 1. The van der Waals surface area contributed by atoms with Crippen molar-refractivity contribution in [3.8, 4) is 11.8 Å². The summed E-state index contributed by atoms with van der Waals surface area (Å²) >= 11 is 0. The summed E-state index contributed by atoms with van der Waals surface area (Å²) in [6, 6.07) is 6.10. The number of nitrogens with zero attached hydrogens (tertiary/aromatic N) is 2. The quantitative estimate of drug-likeness (QED) is 0.853. The Morgan fingerprint density at radius 3 is 2.78 bits per heavy atom. The molecular formula is C16H19N3O4. The molecule has 1 heterocycles. The fourth-order valence-electron chi connectivity index (χ4n) is 2.17. The van der Waals surface area contributed by atoms with Gasteiger partial charge in [0.2, 0.25) is 0 Å². The van der Waals surface area contributed by atoms with Crippen LogP contribution in [-0.2, 0) is 9.53 Å². The molecule has 0 saturated heterocycles. The maximum absolute atomic E-state index is 12.5. The number of rotatable bonds is 1. The van der Waals surface area contributed by atoms with E-state index in [2.05, 4.69) is 5.32 Å². The van der Waals surface area contributed by atoms with Gasteiger partial charge in [-0.1, -0.05) is 6.07 Å². The second-order valence-electron chi connectivity index (χ2n) is 6.17. The number of ether oxygens (including phenoxy) is 2. The average molecular weight is 317 g/mol. The van der Waals surface area contributed by atoms with Crippen molar-refractivity contribution in [2.45, 2.75) is 32.4 Å². The SMILES string of the molecule is CN1C(=O)[C@@H](NC(=O)OC(C)(C)C)COc2c(C#N)cccc21. The third-order valence-corrected chi connectivity index (χ3v) is 3.19. The summed E-state index contributed by atoms with van der Waals surface area (Å²) in [4.78, 5) is 25.7. The van der Waals surface area contributed by atoms with E-state index in [4.69, 9.17) is 14.7 Å². The summed E-state index contributed by atoms with van der Waals surface area (Å²) in [6.07, 6.45) is -0.695. The predicted octanol–water partition coefficient (Wildman–Crippen LogP) is 1.81. The summed E-state index contributed by atoms with van der Waals surface area (Å²) in [7, 11) is 1.57. The molecule has 1 aliphatic heterocycles. The van der Waals surface area contributed by atoms with Gasteiger partial charge in [-0.05, 0) is 32.9 Å². The zero-order valence-corrected chi connectivity index (χ0v) is 13.5. The minimum Gasteiger partial charge on any atom is -0.487 e. The second kappa shape index (κ2) is 6.16. The third kappa shape index (κ3) is 3.72. The summed E-state index contributed by atoms with van der Waals surface area (Å²) in [5.74, 6) is -0.0102. The summed E-state index contributed by atoms with van der Waals surface area (Å²) in [5, 5.41) is 11.7. The number of likely N-dealkylation sites (N-methyl/N-ethyl adjacent to an activating group) is 1. The summed E-state index contributed by atoms with van der Waals surface area (Å²) in [5.41, 5.74) is 0.157. The number of para-hydroxylation sites is 1. The molecular weight excluding hydrogens is 298 g/mol. The lowest BCUT2D eigenvalue weighted by Crippen LogP contribution is -2.50. The molecule has 1 atom stereocenters. The lowest BCUT2D eigenvalue weighted by molar-refractivity contribution is -0.120. The fraction of sp³-hybridized carbons (Fsp3) is 0.438. The maximum atomic E-state index is 12.5. The molecule has 2 rings (SSSR count). The van der Waals surface area contributed by atoms with Crippen LogP contribution < -0.4 is 15.0 Å². The molecule has 7 heteroatoms. The van der Waals surface area contributed by atoms with E-state index in [1.165, 1.54) is 4.90 Å². The van der Waals surface area contributed by atoms with Gasteiger partial charge in [0.1, 0.15) is 24.3 Å². The minimum atomic E-state index is -0.895. The van der Waals surface area contributed by atoms with Crippen molar-refractivity contribution in [2.75, 3.05) is 18.6 Å². The molecule has 0 fully saturated rings. The van der Waals surface area contributed by atoms with Crippen LogP contribution in [0.3, 0.4) is 0 Å². The second-order valence-corrected chi connectivity index (χ2v) is 6.17. The van der Waals surface area contributed by atoms with Crippen LogP contribution in [0.2, 0.25) is 0 Å². The Labute approximate surface area is 134 Å². The van der Waals surface area contributed by atoms with E-state index in [9.17, 15) is 9.59 Å². The van der Waals surface area contributed by atoms with Crippen LogP contribution in [0.25, 0.3) is 0 Å². The van der Waals surface area contributed by atoms with Gasteiger partial charge >= 0.3 is 6.09 Å². The number of hydrogen-bond donors (Lipinski definition) is 1. The number of benzene rings is 1. The van der Waals surface area contributed by atoms with Gasteiger partial charge < -0.3 is 19.7 Å². The van der Waals surface area contributed by atoms with Crippen LogP contribution >= 0.6 is 0 Å². The molecule has 23 heavy (non-hydrogen) atoms.